The van der Waals surface area contributed by atoms with Crippen molar-refractivity contribution in [1.29, 1.82) is 0 Å². The van der Waals surface area contributed by atoms with Gasteiger partial charge in [-0.2, -0.15) is 0 Å². The van der Waals surface area contributed by atoms with Gasteiger partial charge in [-0.05, 0) is 51.4 Å². The highest BCUT2D eigenvalue weighted by Crippen LogP contribution is 2.41. The normalized spacial score (nSPS) is 27.5. The van der Waals surface area contributed by atoms with Crippen LogP contribution in [0.5, 0.6) is 0 Å². The summed E-state index contributed by atoms with van der Waals surface area (Å²) >= 11 is 0. The minimum atomic E-state index is -0.572. The Bertz CT molecular complexity index is 675. The van der Waals surface area contributed by atoms with Gasteiger partial charge in [-0.15, -0.1) is 5.06 Å². The van der Waals surface area contributed by atoms with Crippen LogP contribution in [0.1, 0.15) is 72.1 Å². The number of imide groups is 2. The molecule has 1 unspecified atom stereocenters. The van der Waals surface area contributed by atoms with E-state index >= 15 is 0 Å². The topological polar surface area (TPSA) is 101 Å². The average Bonchev–Trinajstić information content (AvgIpc) is 3.17. The Kier molecular flexibility index (Phi) is 5.59. The first kappa shape index (κ1) is 20.5. The van der Waals surface area contributed by atoms with E-state index in [1.807, 2.05) is 13.8 Å². The van der Waals surface area contributed by atoms with E-state index in [1.54, 1.807) is 0 Å². The zero-order chi connectivity index (χ0) is 20.6. The number of carbonyl (C=O) groups is 5. The van der Waals surface area contributed by atoms with Crippen molar-refractivity contribution in [3.05, 3.63) is 0 Å². The number of likely N-dealkylation sites (tertiary alicyclic amines) is 1. The summed E-state index contributed by atoms with van der Waals surface area (Å²) in [4.78, 5) is 66.3. The van der Waals surface area contributed by atoms with Crippen LogP contribution >= 0.6 is 0 Å². The van der Waals surface area contributed by atoms with E-state index in [1.165, 1.54) is 4.90 Å². The summed E-state index contributed by atoms with van der Waals surface area (Å²) in [6, 6.07) is 0. The Morgan fingerprint density at radius 2 is 1.36 bits per heavy atom. The highest BCUT2D eigenvalue weighted by atomic mass is 16.7. The predicted octanol–water partition coefficient (Wildman–Crippen LogP) is 1.96. The van der Waals surface area contributed by atoms with Crippen molar-refractivity contribution in [2.75, 3.05) is 0 Å². The third kappa shape index (κ3) is 3.69. The van der Waals surface area contributed by atoms with E-state index < -0.39 is 23.3 Å². The number of hydroxylamine groups is 2. The fourth-order valence-corrected chi connectivity index (χ4v) is 4.68. The van der Waals surface area contributed by atoms with Crippen molar-refractivity contribution in [3.8, 4) is 0 Å². The molecule has 1 atom stereocenters. The largest absolute Gasteiger partial charge is 0.336 e. The monoisotopic (exact) mass is 392 g/mol. The summed E-state index contributed by atoms with van der Waals surface area (Å²) in [6.07, 6.45) is 3.46. The number of amides is 4. The minimum absolute atomic E-state index is 0.0827. The highest BCUT2D eigenvalue weighted by molar-refractivity contribution is 6.03. The van der Waals surface area contributed by atoms with Crippen LogP contribution in [0.25, 0.3) is 0 Å². The highest BCUT2D eigenvalue weighted by Gasteiger charge is 2.46. The molecule has 3 fully saturated rings. The Balaban J connectivity index is 1.56. The van der Waals surface area contributed by atoms with Gasteiger partial charge in [0.05, 0.1) is 5.92 Å². The maximum atomic E-state index is 12.3. The van der Waals surface area contributed by atoms with Gasteiger partial charge in [-0.3, -0.25) is 24.1 Å². The second-order valence-electron chi connectivity index (χ2n) is 8.67. The third-order valence-electron chi connectivity index (χ3n) is 6.74. The number of nitrogens with zero attached hydrogens (tertiary/aromatic N) is 2. The molecule has 28 heavy (non-hydrogen) atoms. The molecule has 2 heterocycles. The van der Waals surface area contributed by atoms with E-state index in [-0.39, 0.29) is 55.3 Å². The lowest BCUT2D eigenvalue weighted by Gasteiger charge is -2.44. The van der Waals surface area contributed by atoms with Gasteiger partial charge in [-0.1, -0.05) is 6.92 Å². The van der Waals surface area contributed by atoms with Crippen molar-refractivity contribution in [2.24, 2.45) is 17.8 Å². The molecule has 3 aliphatic rings. The van der Waals surface area contributed by atoms with Crippen LogP contribution < -0.4 is 0 Å². The van der Waals surface area contributed by atoms with E-state index in [4.69, 9.17) is 4.84 Å². The van der Waals surface area contributed by atoms with Gasteiger partial charge >= 0.3 is 5.97 Å². The zero-order valence-corrected chi connectivity index (χ0v) is 16.7. The second kappa shape index (κ2) is 7.64. The number of carbonyl (C=O) groups excluding carboxylic acids is 5. The maximum absolute atomic E-state index is 12.3. The van der Waals surface area contributed by atoms with Crippen molar-refractivity contribution in [1.82, 2.24) is 9.96 Å². The molecule has 2 saturated heterocycles. The second-order valence-corrected chi connectivity index (χ2v) is 8.67. The molecule has 0 radical (unpaired) electrons. The van der Waals surface area contributed by atoms with E-state index in [0.29, 0.717) is 17.9 Å². The minimum Gasteiger partial charge on any atom is -0.330 e. The van der Waals surface area contributed by atoms with Gasteiger partial charge in [0.2, 0.25) is 11.8 Å². The van der Waals surface area contributed by atoms with Crippen LogP contribution in [-0.2, 0) is 28.8 Å². The van der Waals surface area contributed by atoms with E-state index in [2.05, 4.69) is 6.92 Å². The number of rotatable bonds is 5. The smallest absolute Gasteiger partial charge is 0.330 e. The molecular formula is C20H28N2O6. The molecule has 2 aliphatic heterocycles. The van der Waals surface area contributed by atoms with Gasteiger partial charge in [0.1, 0.15) is 0 Å². The lowest BCUT2D eigenvalue weighted by Crippen LogP contribution is -2.53. The van der Waals surface area contributed by atoms with Crippen LogP contribution in [0.3, 0.4) is 0 Å². The van der Waals surface area contributed by atoms with E-state index in [0.717, 1.165) is 12.8 Å². The Morgan fingerprint density at radius 3 is 1.86 bits per heavy atom. The number of hydrogen-bond acceptors (Lipinski definition) is 6. The van der Waals surface area contributed by atoms with Gasteiger partial charge < -0.3 is 4.84 Å². The molecule has 1 saturated carbocycles. The summed E-state index contributed by atoms with van der Waals surface area (Å²) in [6.45, 7) is 5.93. The Morgan fingerprint density at radius 1 is 0.893 bits per heavy atom. The Hall–Kier alpha value is -2.25. The molecule has 4 amide bonds. The summed E-state index contributed by atoms with van der Waals surface area (Å²) in [7, 11) is 0. The van der Waals surface area contributed by atoms with Crippen LogP contribution in [0, 0.1) is 17.8 Å². The number of hydrogen-bond donors (Lipinski definition) is 0. The lowest BCUT2D eigenvalue weighted by atomic mass is 9.70. The SMILES string of the molecule is CC(C1CCC(C(=O)ON2C(=O)CCC2=O)CC1)C(C)(C)N1C(=O)CCC1=O. The standard InChI is InChI=1S/C20H28N2O6/c1-12(20(2,3)21-15(23)8-9-16(21)24)13-4-6-14(7-5-13)19(27)28-22-17(25)10-11-18(22)26/h12-14H,4-11H2,1-3H3. The first-order valence-electron chi connectivity index (χ1n) is 10.1. The molecule has 3 rings (SSSR count). The molecule has 8 heteroatoms. The molecule has 0 bridgehead atoms. The fraction of sp³-hybridized carbons (Fsp3) is 0.750. The molecule has 0 aromatic heterocycles. The molecule has 0 N–H and O–H groups in total. The van der Waals surface area contributed by atoms with Gasteiger partial charge in [0.15, 0.2) is 0 Å². The molecule has 1 aliphatic carbocycles. The third-order valence-corrected chi connectivity index (χ3v) is 6.74. The van der Waals surface area contributed by atoms with Crippen molar-refractivity contribution < 1.29 is 28.8 Å². The van der Waals surface area contributed by atoms with Crippen molar-refractivity contribution in [3.63, 3.8) is 0 Å². The van der Waals surface area contributed by atoms with Crippen LogP contribution in [-0.4, -0.2) is 45.1 Å². The molecular weight excluding hydrogens is 364 g/mol. The van der Waals surface area contributed by atoms with Gasteiger partial charge in [0, 0.05) is 31.2 Å². The van der Waals surface area contributed by atoms with Gasteiger partial charge in [-0.25, -0.2) is 4.79 Å². The molecule has 0 spiro atoms. The predicted molar refractivity (Wildman–Crippen MR) is 97.0 cm³/mol. The maximum Gasteiger partial charge on any atom is 0.336 e. The van der Waals surface area contributed by atoms with Crippen LogP contribution in [0.15, 0.2) is 0 Å². The lowest BCUT2D eigenvalue weighted by molar-refractivity contribution is -0.201. The Labute approximate surface area is 164 Å². The first-order valence-corrected chi connectivity index (χ1v) is 10.1. The summed E-state index contributed by atoms with van der Waals surface area (Å²) in [5.74, 6) is -1.67. The van der Waals surface area contributed by atoms with E-state index in [9.17, 15) is 24.0 Å². The first-order chi connectivity index (χ1) is 13.1. The zero-order valence-electron chi connectivity index (χ0n) is 16.7. The quantitative estimate of drug-likeness (QED) is 0.663. The van der Waals surface area contributed by atoms with Crippen molar-refractivity contribution >= 4 is 29.6 Å². The molecule has 0 aromatic rings. The molecule has 154 valence electrons. The van der Waals surface area contributed by atoms with Crippen molar-refractivity contribution in [2.45, 2.75) is 77.7 Å². The van der Waals surface area contributed by atoms with Crippen LogP contribution in [0.4, 0.5) is 0 Å². The van der Waals surface area contributed by atoms with Gasteiger partial charge in [0.25, 0.3) is 11.8 Å². The van der Waals surface area contributed by atoms with Crippen LogP contribution in [0.2, 0.25) is 0 Å². The average molecular weight is 392 g/mol. The fourth-order valence-electron chi connectivity index (χ4n) is 4.68. The summed E-state index contributed by atoms with van der Waals surface area (Å²) < 4.78 is 0. The summed E-state index contributed by atoms with van der Waals surface area (Å²) in [5, 5.41) is 0.602. The summed E-state index contributed by atoms with van der Waals surface area (Å²) in [5.41, 5.74) is -0.572. The molecule has 8 nitrogen and oxygen atoms in total. The molecule has 0 aromatic carbocycles.